The molecule has 2 aromatic heterocycles. The lowest BCUT2D eigenvalue weighted by atomic mass is 10.4. The fourth-order valence-electron chi connectivity index (χ4n) is 1.72. The van der Waals surface area contributed by atoms with E-state index in [4.69, 9.17) is 4.42 Å². The largest absolute Gasteiger partial charge is 0.464 e. The Morgan fingerprint density at radius 2 is 2.11 bits per heavy atom. The Labute approximate surface area is 125 Å². The van der Waals surface area contributed by atoms with E-state index in [-0.39, 0.29) is 0 Å². The molecule has 3 rings (SSSR count). The van der Waals surface area contributed by atoms with Gasteiger partial charge in [0.05, 0.1) is 17.3 Å². The molecule has 100 valence electrons. The second-order valence-electron chi connectivity index (χ2n) is 4.63. The summed E-state index contributed by atoms with van der Waals surface area (Å²) in [5.74, 6) is 2.84. The van der Waals surface area contributed by atoms with Crippen molar-refractivity contribution in [3.05, 3.63) is 46.5 Å². The number of hydrogen-bond acceptors (Lipinski definition) is 4. The first-order chi connectivity index (χ1) is 9.29. The molecule has 5 heteroatoms. The molecular weight excluding hydrogens is 324 g/mol. The highest BCUT2D eigenvalue weighted by atomic mass is 79.9. The molecule has 19 heavy (non-hydrogen) atoms. The van der Waals surface area contributed by atoms with Crippen LogP contribution in [0.3, 0.4) is 0 Å². The minimum atomic E-state index is 0.717. The fraction of sp³-hybridized carbons (Fsp3) is 0.357. The molecule has 0 bridgehead atoms. The molecule has 2 aromatic rings. The van der Waals surface area contributed by atoms with Crippen molar-refractivity contribution in [1.82, 2.24) is 10.3 Å². The van der Waals surface area contributed by atoms with Crippen LogP contribution in [0.4, 0.5) is 0 Å². The molecule has 1 fully saturated rings. The van der Waals surface area contributed by atoms with Crippen LogP contribution in [0.1, 0.15) is 24.4 Å². The summed E-state index contributed by atoms with van der Waals surface area (Å²) in [7, 11) is 0. The van der Waals surface area contributed by atoms with Gasteiger partial charge in [-0.3, -0.25) is 0 Å². The number of thioether (sulfide) groups is 1. The first kappa shape index (κ1) is 13.2. The molecule has 1 aliphatic carbocycles. The van der Waals surface area contributed by atoms with Crippen molar-refractivity contribution >= 4 is 27.7 Å². The molecule has 1 aliphatic rings. The third kappa shape index (κ3) is 4.09. The van der Waals surface area contributed by atoms with Crippen LogP contribution < -0.4 is 5.32 Å². The lowest BCUT2D eigenvalue weighted by Crippen LogP contribution is -2.14. The number of aromatic nitrogens is 1. The molecule has 1 saturated carbocycles. The Morgan fingerprint density at radius 1 is 1.26 bits per heavy atom. The molecule has 0 aliphatic heterocycles. The van der Waals surface area contributed by atoms with Crippen LogP contribution >= 0.6 is 27.7 Å². The van der Waals surface area contributed by atoms with Crippen molar-refractivity contribution < 1.29 is 4.42 Å². The number of pyridine rings is 1. The maximum Gasteiger partial charge on any atom is 0.118 e. The van der Waals surface area contributed by atoms with Gasteiger partial charge in [-0.2, -0.15) is 0 Å². The van der Waals surface area contributed by atoms with Gasteiger partial charge < -0.3 is 9.73 Å². The second kappa shape index (κ2) is 6.11. The minimum absolute atomic E-state index is 0.717. The summed E-state index contributed by atoms with van der Waals surface area (Å²) in [5.41, 5.74) is 0. The summed E-state index contributed by atoms with van der Waals surface area (Å²) in [6.07, 6.45) is 4.42. The number of hydrogen-bond donors (Lipinski definition) is 1. The van der Waals surface area contributed by atoms with Crippen LogP contribution in [-0.4, -0.2) is 11.0 Å². The predicted octanol–water partition coefficient (Wildman–Crippen LogP) is 3.98. The molecule has 3 nitrogen and oxygen atoms in total. The molecule has 0 saturated heterocycles. The summed E-state index contributed by atoms with van der Waals surface area (Å²) in [5, 5.41) is 4.46. The van der Waals surface area contributed by atoms with Crippen LogP contribution in [0.5, 0.6) is 0 Å². The van der Waals surface area contributed by atoms with E-state index in [9.17, 15) is 0 Å². The highest BCUT2D eigenvalue weighted by molar-refractivity contribution is 9.10. The van der Waals surface area contributed by atoms with Gasteiger partial charge in [0.15, 0.2) is 0 Å². The van der Waals surface area contributed by atoms with E-state index in [1.807, 2.05) is 18.3 Å². The monoisotopic (exact) mass is 338 g/mol. The summed E-state index contributed by atoms with van der Waals surface area (Å²) >= 11 is 5.07. The van der Waals surface area contributed by atoms with E-state index >= 15 is 0 Å². The van der Waals surface area contributed by atoms with Crippen LogP contribution in [0.2, 0.25) is 0 Å². The highest BCUT2D eigenvalue weighted by Gasteiger charge is 2.20. The molecule has 0 atom stereocenters. The first-order valence-corrected chi connectivity index (χ1v) is 8.13. The Morgan fingerprint density at radius 3 is 2.84 bits per heavy atom. The molecule has 0 radical (unpaired) electrons. The van der Waals surface area contributed by atoms with Crippen molar-refractivity contribution in [1.29, 1.82) is 0 Å². The Balaban J connectivity index is 1.50. The number of furan rings is 1. The average Bonchev–Trinajstić information content (AvgIpc) is 3.15. The Kier molecular flexibility index (Phi) is 4.25. The molecule has 2 heterocycles. The third-order valence-corrected chi connectivity index (χ3v) is 4.36. The van der Waals surface area contributed by atoms with Gasteiger partial charge in [0.1, 0.15) is 11.5 Å². The minimum Gasteiger partial charge on any atom is -0.464 e. The van der Waals surface area contributed by atoms with Gasteiger partial charge >= 0.3 is 0 Å². The molecule has 0 unspecified atom stereocenters. The van der Waals surface area contributed by atoms with E-state index in [2.05, 4.69) is 38.4 Å². The number of rotatable bonds is 6. The standard InChI is InChI=1S/C14H15BrN2OS/c15-10-1-6-14(17-7-10)19-9-13-5-4-12(18-13)8-16-11-2-3-11/h1,4-7,11,16H,2-3,8-9H2. The van der Waals surface area contributed by atoms with Crippen LogP contribution in [0.15, 0.2) is 44.4 Å². The van der Waals surface area contributed by atoms with E-state index in [0.717, 1.165) is 39.4 Å². The first-order valence-electron chi connectivity index (χ1n) is 6.35. The van der Waals surface area contributed by atoms with E-state index in [1.54, 1.807) is 11.8 Å². The van der Waals surface area contributed by atoms with Crippen LogP contribution in [-0.2, 0) is 12.3 Å². The molecular formula is C14H15BrN2OS. The SMILES string of the molecule is Brc1ccc(SCc2ccc(CNC3CC3)o2)nc1. The fourth-order valence-corrected chi connectivity index (χ4v) is 2.69. The quantitative estimate of drug-likeness (QED) is 0.808. The number of halogens is 1. The lowest BCUT2D eigenvalue weighted by Gasteiger charge is -2.00. The van der Waals surface area contributed by atoms with Gasteiger partial charge in [-0.15, -0.1) is 0 Å². The van der Waals surface area contributed by atoms with Gasteiger partial charge in [-0.25, -0.2) is 4.98 Å². The zero-order chi connectivity index (χ0) is 13.1. The number of nitrogens with one attached hydrogen (secondary N) is 1. The third-order valence-electron chi connectivity index (χ3n) is 2.92. The second-order valence-corrected chi connectivity index (χ2v) is 6.54. The van der Waals surface area contributed by atoms with Crippen molar-refractivity contribution in [3.63, 3.8) is 0 Å². The maximum atomic E-state index is 5.79. The van der Waals surface area contributed by atoms with Crippen LogP contribution in [0, 0.1) is 0 Å². The highest BCUT2D eigenvalue weighted by Crippen LogP contribution is 2.24. The summed E-state index contributed by atoms with van der Waals surface area (Å²) in [6.45, 7) is 0.839. The topological polar surface area (TPSA) is 38.1 Å². The number of nitrogens with zero attached hydrogens (tertiary/aromatic N) is 1. The average molecular weight is 339 g/mol. The summed E-state index contributed by atoms with van der Waals surface area (Å²) in [4.78, 5) is 4.33. The molecule has 0 spiro atoms. The maximum absolute atomic E-state index is 5.79. The summed E-state index contributed by atoms with van der Waals surface area (Å²) in [6, 6.07) is 8.83. The summed E-state index contributed by atoms with van der Waals surface area (Å²) < 4.78 is 6.79. The Bertz CT molecular complexity index is 537. The normalized spacial score (nSPS) is 14.8. The van der Waals surface area contributed by atoms with Gasteiger partial charge in [0.25, 0.3) is 0 Å². The zero-order valence-corrected chi connectivity index (χ0v) is 12.8. The van der Waals surface area contributed by atoms with Crippen molar-refractivity contribution in [2.75, 3.05) is 0 Å². The van der Waals surface area contributed by atoms with Crippen molar-refractivity contribution in [2.45, 2.75) is 36.2 Å². The van der Waals surface area contributed by atoms with E-state index < -0.39 is 0 Å². The predicted molar refractivity (Wildman–Crippen MR) is 80.1 cm³/mol. The van der Waals surface area contributed by atoms with Gasteiger partial charge in [-0.05, 0) is 53.0 Å². The molecule has 1 N–H and O–H groups in total. The van der Waals surface area contributed by atoms with E-state index in [1.165, 1.54) is 12.8 Å². The van der Waals surface area contributed by atoms with Gasteiger partial charge in [-0.1, -0.05) is 11.8 Å². The smallest absolute Gasteiger partial charge is 0.118 e. The van der Waals surface area contributed by atoms with Crippen molar-refractivity contribution in [2.24, 2.45) is 0 Å². The molecule has 0 amide bonds. The lowest BCUT2D eigenvalue weighted by molar-refractivity contribution is 0.458. The zero-order valence-electron chi connectivity index (χ0n) is 10.4. The van der Waals surface area contributed by atoms with Crippen molar-refractivity contribution in [3.8, 4) is 0 Å². The van der Waals surface area contributed by atoms with E-state index in [0.29, 0.717) is 0 Å². The van der Waals surface area contributed by atoms with Gasteiger partial charge in [0.2, 0.25) is 0 Å². The molecule has 0 aromatic carbocycles. The van der Waals surface area contributed by atoms with Crippen LogP contribution in [0.25, 0.3) is 0 Å². The Hall–Kier alpha value is -0.780. The van der Waals surface area contributed by atoms with Gasteiger partial charge in [0, 0.05) is 16.7 Å².